The molecule has 0 spiro atoms. The van der Waals surface area contributed by atoms with E-state index in [1.165, 1.54) is 16.7 Å². The van der Waals surface area contributed by atoms with Gasteiger partial charge in [-0.05, 0) is 56.3 Å². The van der Waals surface area contributed by atoms with Crippen molar-refractivity contribution in [1.82, 2.24) is 5.32 Å². The molecule has 96 valence electrons. The van der Waals surface area contributed by atoms with Gasteiger partial charge in [0.15, 0.2) is 0 Å². The summed E-state index contributed by atoms with van der Waals surface area (Å²) in [6.07, 6.45) is 0.660. The van der Waals surface area contributed by atoms with Crippen LogP contribution >= 0.6 is 0 Å². The summed E-state index contributed by atoms with van der Waals surface area (Å²) in [5.41, 5.74) is 4.02. The van der Waals surface area contributed by atoms with Crippen LogP contribution in [0.1, 0.15) is 37.0 Å². The molecule has 1 rings (SSSR count). The van der Waals surface area contributed by atoms with E-state index in [1.807, 2.05) is 6.92 Å². The van der Waals surface area contributed by atoms with E-state index in [2.05, 4.69) is 44.3 Å². The fourth-order valence-corrected chi connectivity index (χ4v) is 2.04. The second kappa shape index (κ2) is 6.77. The zero-order valence-electron chi connectivity index (χ0n) is 11.5. The van der Waals surface area contributed by atoms with E-state index in [-0.39, 0.29) is 6.10 Å². The summed E-state index contributed by atoms with van der Waals surface area (Å²) in [5.74, 6) is 0.515. The van der Waals surface area contributed by atoms with E-state index in [4.69, 9.17) is 0 Å². The van der Waals surface area contributed by atoms with Gasteiger partial charge in [-0.25, -0.2) is 0 Å². The molecule has 0 aliphatic rings. The Labute approximate surface area is 105 Å². The van der Waals surface area contributed by atoms with Gasteiger partial charge in [0.05, 0.1) is 6.10 Å². The van der Waals surface area contributed by atoms with Crippen LogP contribution in [0.15, 0.2) is 18.2 Å². The standard InChI is InChI=1S/C15H25NO/c1-11(7-14(4)17)9-16-10-15-6-5-12(2)13(3)8-15/h5-6,8,11,14,16-17H,7,9-10H2,1-4H3. The van der Waals surface area contributed by atoms with Crippen molar-refractivity contribution in [3.8, 4) is 0 Å². The molecule has 0 saturated heterocycles. The molecule has 0 heterocycles. The molecule has 2 nitrogen and oxygen atoms in total. The highest BCUT2D eigenvalue weighted by atomic mass is 16.3. The minimum Gasteiger partial charge on any atom is -0.393 e. The van der Waals surface area contributed by atoms with Crippen molar-refractivity contribution in [3.05, 3.63) is 34.9 Å². The third kappa shape index (κ3) is 5.33. The van der Waals surface area contributed by atoms with Crippen LogP contribution in [-0.4, -0.2) is 17.8 Å². The van der Waals surface area contributed by atoms with Crippen molar-refractivity contribution >= 4 is 0 Å². The topological polar surface area (TPSA) is 32.3 Å². The average Bonchev–Trinajstić information content (AvgIpc) is 2.22. The van der Waals surface area contributed by atoms with Crippen molar-refractivity contribution in [2.75, 3.05) is 6.54 Å². The Morgan fingerprint density at radius 2 is 1.88 bits per heavy atom. The Kier molecular flexibility index (Phi) is 5.66. The van der Waals surface area contributed by atoms with E-state index >= 15 is 0 Å². The quantitative estimate of drug-likeness (QED) is 0.794. The Balaban J connectivity index is 2.33. The molecule has 0 aromatic heterocycles. The molecule has 0 fully saturated rings. The molecule has 17 heavy (non-hydrogen) atoms. The van der Waals surface area contributed by atoms with Crippen LogP contribution in [0.3, 0.4) is 0 Å². The van der Waals surface area contributed by atoms with Gasteiger partial charge in [-0.3, -0.25) is 0 Å². The fraction of sp³-hybridized carbons (Fsp3) is 0.600. The van der Waals surface area contributed by atoms with E-state index in [9.17, 15) is 5.11 Å². The summed E-state index contributed by atoms with van der Waals surface area (Å²) in [4.78, 5) is 0. The summed E-state index contributed by atoms with van der Waals surface area (Å²) in [5, 5.41) is 12.7. The third-order valence-corrected chi connectivity index (χ3v) is 3.14. The monoisotopic (exact) mass is 235 g/mol. The molecule has 1 aromatic carbocycles. The molecular weight excluding hydrogens is 210 g/mol. The number of hydrogen-bond acceptors (Lipinski definition) is 2. The highest BCUT2D eigenvalue weighted by Crippen LogP contribution is 2.10. The first-order chi connectivity index (χ1) is 7.99. The number of rotatable bonds is 6. The summed E-state index contributed by atoms with van der Waals surface area (Å²) in [7, 11) is 0. The van der Waals surface area contributed by atoms with Gasteiger partial charge in [-0.15, -0.1) is 0 Å². The first-order valence-corrected chi connectivity index (χ1v) is 6.44. The molecule has 0 aliphatic heterocycles. The molecule has 1 aromatic rings. The maximum atomic E-state index is 9.28. The zero-order valence-corrected chi connectivity index (χ0v) is 11.5. The summed E-state index contributed by atoms with van der Waals surface area (Å²) in [6, 6.07) is 6.59. The van der Waals surface area contributed by atoms with Gasteiger partial charge in [0.2, 0.25) is 0 Å². The second-order valence-corrected chi connectivity index (χ2v) is 5.24. The van der Waals surface area contributed by atoms with Crippen LogP contribution in [0.4, 0.5) is 0 Å². The molecule has 0 radical (unpaired) electrons. The van der Waals surface area contributed by atoms with Crippen LogP contribution < -0.4 is 5.32 Å². The molecule has 0 amide bonds. The van der Waals surface area contributed by atoms with Crippen LogP contribution in [0.25, 0.3) is 0 Å². The van der Waals surface area contributed by atoms with Crippen molar-refractivity contribution < 1.29 is 5.11 Å². The summed E-state index contributed by atoms with van der Waals surface area (Å²) < 4.78 is 0. The van der Waals surface area contributed by atoms with Crippen LogP contribution in [0.2, 0.25) is 0 Å². The van der Waals surface area contributed by atoms with Crippen LogP contribution in [-0.2, 0) is 6.54 Å². The predicted molar refractivity (Wildman–Crippen MR) is 73.1 cm³/mol. The van der Waals surface area contributed by atoms with Crippen molar-refractivity contribution in [3.63, 3.8) is 0 Å². The van der Waals surface area contributed by atoms with Gasteiger partial charge in [0.25, 0.3) is 0 Å². The third-order valence-electron chi connectivity index (χ3n) is 3.14. The van der Waals surface area contributed by atoms with Crippen molar-refractivity contribution in [2.45, 2.75) is 46.8 Å². The van der Waals surface area contributed by atoms with Gasteiger partial charge in [0.1, 0.15) is 0 Å². The predicted octanol–water partition coefficient (Wildman–Crippen LogP) is 2.80. The summed E-state index contributed by atoms with van der Waals surface area (Å²) in [6.45, 7) is 10.2. The van der Waals surface area contributed by atoms with Gasteiger partial charge < -0.3 is 10.4 Å². The molecule has 0 bridgehead atoms. The van der Waals surface area contributed by atoms with Gasteiger partial charge in [0, 0.05) is 6.54 Å². The molecule has 2 atom stereocenters. The Morgan fingerprint density at radius 1 is 1.18 bits per heavy atom. The lowest BCUT2D eigenvalue weighted by Crippen LogP contribution is -2.23. The average molecular weight is 235 g/mol. The number of aliphatic hydroxyl groups is 1. The van der Waals surface area contributed by atoms with Crippen LogP contribution in [0.5, 0.6) is 0 Å². The molecular formula is C15H25NO. The van der Waals surface area contributed by atoms with E-state index in [0.29, 0.717) is 5.92 Å². The Hall–Kier alpha value is -0.860. The second-order valence-electron chi connectivity index (χ2n) is 5.24. The smallest absolute Gasteiger partial charge is 0.0515 e. The number of hydrogen-bond donors (Lipinski definition) is 2. The number of nitrogens with one attached hydrogen (secondary N) is 1. The maximum Gasteiger partial charge on any atom is 0.0515 e. The fourth-order valence-electron chi connectivity index (χ4n) is 2.04. The van der Waals surface area contributed by atoms with Crippen molar-refractivity contribution in [1.29, 1.82) is 0 Å². The highest BCUT2D eigenvalue weighted by Gasteiger charge is 2.05. The van der Waals surface area contributed by atoms with Crippen molar-refractivity contribution in [2.24, 2.45) is 5.92 Å². The molecule has 2 N–H and O–H groups in total. The first-order valence-electron chi connectivity index (χ1n) is 6.44. The SMILES string of the molecule is Cc1ccc(CNCC(C)CC(C)O)cc1C. The van der Waals surface area contributed by atoms with E-state index in [1.54, 1.807) is 0 Å². The zero-order chi connectivity index (χ0) is 12.8. The number of aliphatic hydroxyl groups excluding tert-OH is 1. The molecule has 0 saturated carbocycles. The molecule has 0 aliphatic carbocycles. The number of benzene rings is 1. The highest BCUT2D eigenvalue weighted by molar-refractivity contribution is 5.29. The minimum atomic E-state index is -0.201. The lowest BCUT2D eigenvalue weighted by molar-refractivity contribution is 0.163. The minimum absolute atomic E-state index is 0.201. The Morgan fingerprint density at radius 3 is 2.47 bits per heavy atom. The number of aryl methyl sites for hydroxylation is 2. The van der Waals surface area contributed by atoms with E-state index in [0.717, 1.165) is 19.5 Å². The van der Waals surface area contributed by atoms with Gasteiger partial charge in [-0.2, -0.15) is 0 Å². The maximum absolute atomic E-state index is 9.28. The van der Waals surface area contributed by atoms with Crippen LogP contribution in [0, 0.1) is 19.8 Å². The largest absolute Gasteiger partial charge is 0.393 e. The van der Waals surface area contributed by atoms with E-state index < -0.39 is 0 Å². The molecule has 2 unspecified atom stereocenters. The lowest BCUT2D eigenvalue weighted by Gasteiger charge is -2.14. The van der Waals surface area contributed by atoms with Gasteiger partial charge >= 0.3 is 0 Å². The molecule has 2 heteroatoms. The normalized spacial score (nSPS) is 14.6. The lowest BCUT2D eigenvalue weighted by atomic mass is 10.0. The first kappa shape index (κ1) is 14.2. The summed E-state index contributed by atoms with van der Waals surface area (Å²) >= 11 is 0. The van der Waals surface area contributed by atoms with Gasteiger partial charge in [-0.1, -0.05) is 25.1 Å². The Bertz CT molecular complexity index is 347.